The summed E-state index contributed by atoms with van der Waals surface area (Å²) in [7, 11) is 1.75. The van der Waals surface area contributed by atoms with Crippen molar-refractivity contribution in [2.75, 3.05) is 19.4 Å². The van der Waals surface area contributed by atoms with Gasteiger partial charge < -0.3 is 10.1 Å². The summed E-state index contributed by atoms with van der Waals surface area (Å²) >= 11 is 2.14. The number of thioether (sulfide) groups is 1. The molecule has 0 saturated heterocycles. The summed E-state index contributed by atoms with van der Waals surface area (Å²) in [4.78, 5) is 0. The molecule has 2 unspecified atom stereocenters. The highest BCUT2D eigenvalue weighted by molar-refractivity contribution is 7.99. The summed E-state index contributed by atoms with van der Waals surface area (Å²) in [5.74, 6) is 2.98. The Bertz CT molecular complexity index is 447. The van der Waals surface area contributed by atoms with Crippen LogP contribution in [0.4, 0.5) is 0 Å². The Hall–Kier alpha value is -0.670. The van der Waals surface area contributed by atoms with E-state index in [9.17, 15) is 0 Å². The molecule has 0 fully saturated rings. The molecule has 0 radical (unpaired) electrons. The van der Waals surface area contributed by atoms with Crippen LogP contribution in [-0.2, 0) is 6.42 Å². The number of hydrogen-bond donors (Lipinski definition) is 1. The van der Waals surface area contributed by atoms with E-state index in [0.29, 0.717) is 11.3 Å². The molecule has 0 amide bonds. The van der Waals surface area contributed by atoms with E-state index in [1.54, 1.807) is 7.11 Å². The van der Waals surface area contributed by atoms with Gasteiger partial charge in [0.25, 0.3) is 0 Å². The molecular weight excluding hydrogens is 278 g/mol. The number of rotatable bonds is 7. The van der Waals surface area contributed by atoms with Crippen LogP contribution in [0.3, 0.4) is 0 Å². The molecule has 1 aromatic rings. The van der Waals surface area contributed by atoms with Gasteiger partial charge in [-0.2, -0.15) is 11.8 Å². The van der Waals surface area contributed by atoms with E-state index in [4.69, 9.17) is 4.74 Å². The minimum Gasteiger partial charge on any atom is -0.497 e. The molecule has 21 heavy (non-hydrogen) atoms. The van der Waals surface area contributed by atoms with Gasteiger partial charge in [0.05, 0.1) is 7.11 Å². The van der Waals surface area contributed by atoms with Gasteiger partial charge in [0.15, 0.2) is 0 Å². The summed E-state index contributed by atoms with van der Waals surface area (Å²) in [6.45, 7) is 7.93. The molecule has 0 saturated carbocycles. The van der Waals surface area contributed by atoms with E-state index in [1.807, 2.05) is 0 Å². The highest BCUT2D eigenvalue weighted by Crippen LogP contribution is 2.39. The van der Waals surface area contributed by atoms with Crippen LogP contribution in [0.25, 0.3) is 0 Å². The summed E-state index contributed by atoms with van der Waals surface area (Å²) in [6.07, 6.45) is 3.65. The van der Waals surface area contributed by atoms with Crippen molar-refractivity contribution in [1.29, 1.82) is 0 Å². The molecule has 1 N–H and O–H groups in total. The van der Waals surface area contributed by atoms with Crippen LogP contribution >= 0.6 is 11.8 Å². The third kappa shape index (κ3) is 4.40. The molecule has 0 spiro atoms. The van der Waals surface area contributed by atoms with E-state index in [2.05, 4.69) is 56.0 Å². The minimum absolute atomic E-state index is 0.465. The largest absolute Gasteiger partial charge is 0.497 e. The van der Waals surface area contributed by atoms with Gasteiger partial charge in [0, 0.05) is 11.3 Å². The number of nitrogens with one attached hydrogen (secondary N) is 1. The molecule has 2 atom stereocenters. The summed E-state index contributed by atoms with van der Waals surface area (Å²) in [5, 5.41) is 4.46. The lowest BCUT2D eigenvalue weighted by Gasteiger charge is -2.34. The van der Waals surface area contributed by atoms with Gasteiger partial charge in [-0.3, -0.25) is 0 Å². The second kappa shape index (κ2) is 8.09. The predicted octanol–water partition coefficient (Wildman–Crippen LogP) is 4.44. The fraction of sp³-hybridized carbons (Fsp3) is 0.667. The van der Waals surface area contributed by atoms with Crippen LogP contribution in [0.5, 0.6) is 5.75 Å². The van der Waals surface area contributed by atoms with Crippen LogP contribution in [0.1, 0.15) is 50.8 Å². The third-order valence-electron chi connectivity index (χ3n) is 4.02. The Morgan fingerprint density at radius 1 is 1.38 bits per heavy atom. The van der Waals surface area contributed by atoms with Crippen LogP contribution in [0, 0.1) is 5.92 Å². The number of benzene rings is 1. The van der Waals surface area contributed by atoms with E-state index in [1.165, 1.54) is 36.1 Å². The zero-order chi connectivity index (χ0) is 15.2. The standard InChI is InChI=1S/C18H29NOS/c1-5-10-19-18-16-11-15(20-4)8-6-14(16)7-9-17(18)21-12-13(2)3/h6,8,11,13,17-19H,5,7,9-10,12H2,1-4H3. The molecule has 0 aliphatic heterocycles. The first-order valence-electron chi connectivity index (χ1n) is 8.17. The van der Waals surface area contributed by atoms with Crippen LogP contribution in [-0.4, -0.2) is 24.7 Å². The van der Waals surface area contributed by atoms with Crippen LogP contribution < -0.4 is 10.1 Å². The summed E-state index contributed by atoms with van der Waals surface area (Å²) in [6, 6.07) is 7.05. The highest BCUT2D eigenvalue weighted by atomic mass is 32.2. The van der Waals surface area contributed by atoms with Gasteiger partial charge in [0.2, 0.25) is 0 Å². The predicted molar refractivity (Wildman–Crippen MR) is 93.4 cm³/mol. The average molecular weight is 308 g/mol. The van der Waals surface area contributed by atoms with Gasteiger partial charge >= 0.3 is 0 Å². The lowest BCUT2D eigenvalue weighted by Crippen LogP contribution is -2.35. The van der Waals surface area contributed by atoms with E-state index < -0.39 is 0 Å². The Morgan fingerprint density at radius 2 is 2.19 bits per heavy atom. The lowest BCUT2D eigenvalue weighted by molar-refractivity contribution is 0.410. The van der Waals surface area contributed by atoms with Crippen molar-refractivity contribution in [3.8, 4) is 5.75 Å². The van der Waals surface area contributed by atoms with Crippen molar-refractivity contribution in [2.45, 2.75) is 51.3 Å². The number of hydrogen-bond acceptors (Lipinski definition) is 3. The molecule has 1 aliphatic carbocycles. The molecule has 2 nitrogen and oxygen atoms in total. The van der Waals surface area contributed by atoms with E-state index in [0.717, 1.165) is 18.2 Å². The molecule has 3 heteroatoms. The van der Waals surface area contributed by atoms with Gasteiger partial charge in [-0.15, -0.1) is 0 Å². The number of ether oxygens (including phenoxy) is 1. The quantitative estimate of drug-likeness (QED) is 0.804. The molecule has 1 aliphatic rings. The first-order chi connectivity index (χ1) is 10.2. The fourth-order valence-corrected chi connectivity index (χ4v) is 4.27. The third-order valence-corrected chi connectivity index (χ3v) is 5.81. The first-order valence-corrected chi connectivity index (χ1v) is 9.22. The second-order valence-corrected chi connectivity index (χ2v) is 7.57. The van der Waals surface area contributed by atoms with Crippen LogP contribution in [0.15, 0.2) is 18.2 Å². The Labute approximate surface area is 134 Å². The Balaban J connectivity index is 2.20. The number of aryl methyl sites for hydroxylation is 1. The van der Waals surface area contributed by atoms with Crippen molar-refractivity contribution < 1.29 is 4.74 Å². The average Bonchev–Trinajstić information content (AvgIpc) is 2.50. The summed E-state index contributed by atoms with van der Waals surface area (Å²) in [5.41, 5.74) is 2.95. The zero-order valence-electron chi connectivity index (χ0n) is 13.8. The number of methoxy groups -OCH3 is 1. The second-order valence-electron chi connectivity index (χ2n) is 6.30. The molecular formula is C18H29NOS. The maximum absolute atomic E-state index is 5.43. The normalized spacial score (nSPS) is 21.4. The van der Waals surface area contributed by atoms with Crippen molar-refractivity contribution in [1.82, 2.24) is 5.32 Å². The SMILES string of the molecule is CCCNC1c2cc(OC)ccc2CCC1SCC(C)C. The molecule has 0 aromatic heterocycles. The summed E-state index contributed by atoms with van der Waals surface area (Å²) < 4.78 is 5.43. The molecule has 0 bridgehead atoms. The van der Waals surface area contributed by atoms with Crippen LogP contribution in [0.2, 0.25) is 0 Å². The topological polar surface area (TPSA) is 21.3 Å². The highest BCUT2D eigenvalue weighted by Gasteiger charge is 2.29. The van der Waals surface area contributed by atoms with E-state index in [-0.39, 0.29) is 0 Å². The fourth-order valence-electron chi connectivity index (χ4n) is 2.92. The first kappa shape index (κ1) is 16.7. The molecule has 118 valence electrons. The number of fused-ring (bicyclic) bond motifs is 1. The van der Waals surface area contributed by atoms with Crippen molar-refractivity contribution in [3.63, 3.8) is 0 Å². The van der Waals surface area contributed by atoms with Gasteiger partial charge in [-0.25, -0.2) is 0 Å². The zero-order valence-corrected chi connectivity index (χ0v) is 14.6. The maximum Gasteiger partial charge on any atom is 0.119 e. The van der Waals surface area contributed by atoms with Gasteiger partial charge in [0.1, 0.15) is 5.75 Å². The van der Waals surface area contributed by atoms with Crippen molar-refractivity contribution in [3.05, 3.63) is 29.3 Å². The maximum atomic E-state index is 5.43. The molecule has 1 aromatic carbocycles. The van der Waals surface area contributed by atoms with Crippen molar-refractivity contribution in [2.24, 2.45) is 5.92 Å². The van der Waals surface area contributed by atoms with Crippen molar-refractivity contribution >= 4 is 11.8 Å². The minimum atomic E-state index is 0.465. The molecule has 0 heterocycles. The lowest BCUT2D eigenvalue weighted by atomic mass is 9.87. The van der Waals surface area contributed by atoms with Gasteiger partial charge in [-0.05, 0) is 60.7 Å². The monoisotopic (exact) mass is 307 g/mol. The van der Waals surface area contributed by atoms with E-state index >= 15 is 0 Å². The Morgan fingerprint density at radius 3 is 2.86 bits per heavy atom. The Kier molecular flexibility index (Phi) is 6.43. The molecule has 2 rings (SSSR count). The smallest absolute Gasteiger partial charge is 0.119 e. The van der Waals surface area contributed by atoms with Gasteiger partial charge in [-0.1, -0.05) is 26.8 Å².